The second-order valence-electron chi connectivity index (χ2n) is 2.56. The van der Waals surface area contributed by atoms with E-state index >= 15 is 0 Å². The molecule has 52 valence electrons. The van der Waals surface area contributed by atoms with Crippen molar-refractivity contribution < 1.29 is 9.47 Å². The average Bonchev–Trinajstić information content (AvgIpc) is 2.25. The molecule has 0 radical (unpaired) electrons. The Kier molecular flexibility index (Phi) is 1.40. The second kappa shape index (κ2) is 2.11. The van der Waals surface area contributed by atoms with Crippen molar-refractivity contribution in [1.82, 2.24) is 0 Å². The Morgan fingerprint density at radius 1 is 1.33 bits per heavy atom. The molecular formula is C6H9ClO2. The lowest BCUT2D eigenvalue weighted by Crippen LogP contribution is -2.33. The average molecular weight is 149 g/mol. The molecule has 3 atom stereocenters. The monoisotopic (exact) mass is 148 g/mol. The Balaban J connectivity index is 2.05. The van der Waals surface area contributed by atoms with Gasteiger partial charge in [-0.05, 0) is 12.8 Å². The van der Waals surface area contributed by atoms with E-state index in [2.05, 4.69) is 0 Å². The van der Waals surface area contributed by atoms with Gasteiger partial charge < -0.3 is 9.47 Å². The summed E-state index contributed by atoms with van der Waals surface area (Å²) >= 11 is 5.76. The number of rotatable bonds is 0. The molecule has 2 bridgehead atoms. The normalized spacial score (nSPS) is 49.7. The third-order valence-electron chi connectivity index (χ3n) is 1.87. The van der Waals surface area contributed by atoms with Gasteiger partial charge >= 0.3 is 0 Å². The molecule has 0 aromatic rings. The van der Waals surface area contributed by atoms with Crippen molar-refractivity contribution >= 4 is 11.6 Å². The van der Waals surface area contributed by atoms with E-state index in [1.165, 1.54) is 0 Å². The summed E-state index contributed by atoms with van der Waals surface area (Å²) in [5.41, 5.74) is -0.191. The molecule has 3 heteroatoms. The molecule has 2 heterocycles. The van der Waals surface area contributed by atoms with Gasteiger partial charge in [-0.15, -0.1) is 0 Å². The van der Waals surface area contributed by atoms with Gasteiger partial charge in [0.2, 0.25) is 0 Å². The summed E-state index contributed by atoms with van der Waals surface area (Å²) in [7, 11) is 0. The molecule has 9 heavy (non-hydrogen) atoms. The van der Waals surface area contributed by atoms with Crippen LogP contribution in [0.5, 0.6) is 0 Å². The van der Waals surface area contributed by atoms with E-state index in [1.807, 2.05) is 0 Å². The molecule has 2 saturated heterocycles. The fraction of sp³-hybridized carbons (Fsp3) is 1.00. The van der Waals surface area contributed by atoms with Crippen molar-refractivity contribution in [2.75, 3.05) is 6.61 Å². The van der Waals surface area contributed by atoms with Crippen molar-refractivity contribution in [3.8, 4) is 0 Å². The van der Waals surface area contributed by atoms with Crippen molar-refractivity contribution in [3.05, 3.63) is 0 Å². The molecular weight excluding hydrogens is 140 g/mol. The number of fused-ring (bicyclic) bond motifs is 2. The zero-order valence-corrected chi connectivity index (χ0v) is 5.80. The minimum atomic E-state index is -0.191. The summed E-state index contributed by atoms with van der Waals surface area (Å²) in [5.74, 6) is 0. The van der Waals surface area contributed by atoms with E-state index in [0.29, 0.717) is 12.7 Å². The van der Waals surface area contributed by atoms with Crippen LogP contribution in [-0.2, 0) is 9.47 Å². The molecule has 0 aromatic heterocycles. The molecule has 0 aliphatic carbocycles. The first kappa shape index (κ1) is 5.96. The second-order valence-corrected chi connectivity index (χ2v) is 2.99. The number of halogens is 1. The highest BCUT2D eigenvalue weighted by Gasteiger charge is 2.36. The van der Waals surface area contributed by atoms with Gasteiger partial charge in [-0.3, -0.25) is 0 Å². The molecule has 2 nitrogen and oxygen atoms in total. The van der Waals surface area contributed by atoms with Crippen LogP contribution in [0.2, 0.25) is 0 Å². The van der Waals surface area contributed by atoms with E-state index in [9.17, 15) is 0 Å². The van der Waals surface area contributed by atoms with Gasteiger partial charge in [0.15, 0.2) is 5.56 Å². The van der Waals surface area contributed by atoms with Crippen LogP contribution >= 0.6 is 11.6 Å². The van der Waals surface area contributed by atoms with Crippen LogP contribution in [0.4, 0.5) is 0 Å². The van der Waals surface area contributed by atoms with Gasteiger partial charge in [-0.25, -0.2) is 0 Å². The summed E-state index contributed by atoms with van der Waals surface area (Å²) in [6.45, 7) is 0.685. The third kappa shape index (κ3) is 0.955. The van der Waals surface area contributed by atoms with Crippen molar-refractivity contribution in [1.29, 1.82) is 0 Å². The van der Waals surface area contributed by atoms with E-state index in [0.717, 1.165) is 12.8 Å². The minimum absolute atomic E-state index is 0.172. The largest absolute Gasteiger partial charge is 0.369 e. The van der Waals surface area contributed by atoms with Gasteiger partial charge in [0.05, 0.1) is 18.8 Å². The molecule has 0 unspecified atom stereocenters. The Bertz CT molecular complexity index is 118. The van der Waals surface area contributed by atoms with E-state index in [-0.39, 0.29) is 11.7 Å². The molecule has 2 rings (SSSR count). The lowest BCUT2D eigenvalue weighted by Gasteiger charge is -2.24. The standard InChI is InChI=1S/C6H9ClO2/c7-6-5-2-1-4(9-5)3-8-6/h4-6H,1-3H2/t4-,5+,6-/m0/s1. The first-order chi connectivity index (χ1) is 4.36. The molecule has 0 N–H and O–H groups in total. The van der Waals surface area contributed by atoms with Gasteiger partial charge in [-0.2, -0.15) is 0 Å². The maximum atomic E-state index is 5.76. The topological polar surface area (TPSA) is 18.5 Å². The molecule has 0 spiro atoms. The van der Waals surface area contributed by atoms with Crippen LogP contribution in [0.3, 0.4) is 0 Å². The number of alkyl halides is 1. The first-order valence-corrected chi connectivity index (χ1v) is 3.71. The summed E-state index contributed by atoms with van der Waals surface area (Å²) < 4.78 is 10.7. The van der Waals surface area contributed by atoms with E-state index < -0.39 is 0 Å². The molecule has 2 fully saturated rings. The van der Waals surface area contributed by atoms with Crippen LogP contribution in [0.25, 0.3) is 0 Å². The van der Waals surface area contributed by atoms with E-state index in [4.69, 9.17) is 21.1 Å². The highest BCUT2D eigenvalue weighted by atomic mass is 35.5. The van der Waals surface area contributed by atoms with Crippen molar-refractivity contribution in [3.63, 3.8) is 0 Å². The SMILES string of the molecule is Cl[C@H]1OC[C@@H]2CC[C@H]1O2. The minimum Gasteiger partial charge on any atom is -0.369 e. The van der Waals surface area contributed by atoms with Crippen LogP contribution in [0.15, 0.2) is 0 Å². The van der Waals surface area contributed by atoms with Gasteiger partial charge in [0, 0.05) is 0 Å². The number of hydrogen-bond donors (Lipinski definition) is 0. The smallest absolute Gasteiger partial charge is 0.157 e. The van der Waals surface area contributed by atoms with Crippen molar-refractivity contribution in [2.24, 2.45) is 0 Å². The third-order valence-corrected chi connectivity index (χ3v) is 2.28. The molecule has 0 amide bonds. The van der Waals surface area contributed by atoms with Crippen LogP contribution in [-0.4, -0.2) is 24.4 Å². The molecule has 0 aromatic carbocycles. The highest BCUT2D eigenvalue weighted by molar-refractivity contribution is 6.20. The summed E-state index contributed by atoms with van der Waals surface area (Å²) in [6.07, 6.45) is 2.70. The fourth-order valence-corrected chi connectivity index (χ4v) is 1.61. The summed E-state index contributed by atoms with van der Waals surface area (Å²) in [4.78, 5) is 0. The van der Waals surface area contributed by atoms with Crippen molar-refractivity contribution in [2.45, 2.75) is 30.6 Å². The van der Waals surface area contributed by atoms with Crippen LogP contribution in [0.1, 0.15) is 12.8 Å². The van der Waals surface area contributed by atoms with Crippen LogP contribution < -0.4 is 0 Å². The maximum Gasteiger partial charge on any atom is 0.157 e. The first-order valence-electron chi connectivity index (χ1n) is 3.27. The Labute approximate surface area is 59.1 Å². The zero-order chi connectivity index (χ0) is 6.27. The predicted molar refractivity (Wildman–Crippen MR) is 33.5 cm³/mol. The van der Waals surface area contributed by atoms with Crippen LogP contribution in [0, 0.1) is 0 Å². The highest BCUT2D eigenvalue weighted by Crippen LogP contribution is 2.30. The lowest BCUT2D eigenvalue weighted by atomic mass is 10.2. The Morgan fingerprint density at radius 2 is 2.22 bits per heavy atom. The zero-order valence-electron chi connectivity index (χ0n) is 5.05. The summed E-state index contributed by atoms with van der Waals surface area (Å²) in [5, 5.41) is 0. The fourth-order valence-electron chi connectivity index (χ4n) is 1.36. The van der Waals surface area contributed by atoms with Gasteiger partial charge in [0.1, 0.15) is 0 Å². The molecule has 0 saturated carbocycles. The van der Waals surface area contributed by atoms with Gasteiger partial charge in [-0.1, -0.05) is 11.6 Å². The van der Waals surface area contributed by atoms with Gasteiger partial charge in [0.25, 0.3) is 0 Å². The Morgan fingerprint density at radius 3 is 3.00 bits per heavy atom. The maximum absolute atomic E-state index is 5.76. The predicted octanol–water partition coefficient (Wildman–Crippen LogP) is 1.13. The number of hydrogen-bond acceptors (Lipinski definition) is 2. The van der Waals surface area contributed by atoms with E-state index in [1.54, 1.807) is 0 Å². The Hall–Kier alpha value is 0.210. The lowest BCUT2D eigenvalue weighted by molar-refractivity contribution is -0.115. The summed E-state index contributed by atoms with van der Waals surface area (Å²) in [6, 6.07) is 0. The number of ether oxygens (including phenoxy) is 2. The molecule has 2 aliphatic rings. The molecule has 2 aliphatic heterocycles. The quantitative estimate of drug-likeness (QED) is 0.480.